The van der Waals surface area contributed by atoms with Crippen molar-refractivity contribution < 1.29 is 4.84 Å². The van der Waals surface area contributed by atoms with Gasteiger partial charge in [0, 0.05) is 23.4 Å². The molecule has 0 unspecified atom stereocenters. The molecule has 0 atom stereocenters. The standard InChI is InChI=1S/C7H9BrN2O/c1-11-10-4-6-2-7(8)5-9-3-6/h2-3,5,10H,4H2,1H3. The maximum absolute atomic E-state index is 4.69. The number of pyridine rings is 1. The van der Waals surface area contributed by atoms with Crippen molar-refractivity contribution in [3.63, 3.8) is 0 Å². The molecule has 0 spiro atoms. The Morgan fingerprint density at radius 2 is 2.45 bits per heavy atom. The Balaban J connectivity index is 2.56. The number of nitrogens with zero attached hydrogens (tertiary/aromatic N) is 1. The molecule has 60 valence electrons. The molecule has 0 aromatic carbocycles. The van der Waals surface area contributed by atoms with Crippen LogP contribution in [-0.4, -0.2) is 12.1 Å². The number of rotatable bonds is 3. The highest BCUT2D eigenvalue weighted by Gasteiger charge is 1.92. The maximum Gasteiger partial charge on any atom is 0.0572 e. The quantitative estimate of drug-likeness (QED) is 0.779. The van der Waals surface area contributed by atoms with Crippen LogP contribution in [0.5, 0.6) is 0 Å². The third-order valence-electron chi connectivity index (χ3n) is 1.18. The number of halogens is 1. The fraction of sp³-hybridized carbons (Fsp3) is 0.286. The van der Waals surface area contributed by atoms with Crippen LogP contribution in [0, 0.1) is 0 Å². The van der Waals surface area contributed by atoms with Gasteiger partial charge in [0.05, 0.1) is 7.11 Å². The van der Waals surface area contributed by atoms with Crippen LogP contribution in [0.2, 0.25) is 0 Å². The van der Waals surface area contributed by atoms with Gasteiger partial charge in [-0.2, -0.15) is 5.48 Å². The number of hydroxylamine groups is 1. The van der Waals surface area contributed by atoms with Crippen molar-refractivity contribution in [1.29, 1.82) is 0 Å². The second kappa shape index (κ2) is 4.43. The van der Waals surface area contributed by atoms with Crippen LogP contribution in [-0.2, 0) is 11.4 Å². The molecule has 3 nitrogen and oxygen atoms in total. The van der Waals surface area contributed by atoms with Crippen LogP contribution >= 0.6 is 15.9 Å². The monoisotopic (exact) mass is 216 g/mol. The van der Waals surface area contributed by atoms with Crippen molar-refractivity contribution in [3.05, 3.63) is 28.5 Å². The molecule has 0 bridgehead atoms. The highest BCUT2D eigenvalue weighted by molar-refractivity contribution is 9.10. The lowest BCUT2D eigenvalue weighted by molar-refractivity contribution is 0.0866. The summed E-state index contributed by atoms with van der Waals surface area (Å²) in [6, 6.07) is 1.99. The van der Waals surface area contributed by atoms with Crippen molar-refractivity contribution in [2.45, 2.75) is 6.54 Å². The minimum Gasteiger partial charge on any atom is -0.305 e. The average Bonchev–Trinajstić information content (AvgIpc) is 2.01. The molecule has 1 aromatic rings. The number of aromatic nitrogens is 1. The van der Waals surface area contributed by atoms with E-state index in [4.69, 9.17) is 4.84 Å². The summed E-state index contributed by atoms with van der Waals surface area (Å²) in [4.78, 5) is 8.69. The second-order valence-electron chi connectivity index (χ2n) is 2.04. The highest BCUT2D eigenvalue weighted by Crippen LogP contribution is 2.08. The summed E-state index contributed by atoms with van der Waals surface area (Å²) in [6.45, 7) is 0.670. The molecule has 1 heterocycles. The Hall–Kier alpha value is -0.450. The van der Waals surface area contributed by atoms with Gasteiger partial charge in [0.2, 0.25) is 0 Å². The Morgan fingerprint density at radius 3 is 3.09 bits per heavy atom. The summed E-state index contributed by atoms with van der Waals surface area (Å²) < 4.78 is 0.980. The van der Waals surface area contributed by atoms with Crippen molar-refractivity contribution in [1.82, 2.24) is 10.5 Å². The van der Waals surface area contributed by atoms with E-state index in [9.17, 15) is 0 Å². The van der Waals surface area contributed by atoms with Crippen LogP contribution < -0.4 is 5.48 Å². The Kier molecular flexibility index (Phi) is 3.48. The summed E-state index contributed by atoms with van der Waals surface area (Å²) >= 11 is 3.32. The van der Waals surface area contributed by atoms with Crippen LogP contribution in [0.1, 0.15) is 5.56 Å². The zero-order valence-electron chi connectivity index (χ0n) is 6.17. The van der Waals surface area contributed by atoms with E-state index in [-0.39, 0.29) is 0 Å². The van der Waals surface area contributed by atoms with Crippen LogP contribution in [0.25, 0.3) is 0 Å². The molecule has 1 aromatic heterocycles. The smallest absolute Gasteiger partial charge is 0.0572 e. The van der Waals surface area contributed by atoms with E-state index < -0.39 is 0 Å². The minimum absolute atomic E-state index is 0.670. The summed E-state index contributed by atoms with van der Waals surface area (Å²) in [5, 5.41) is 0. The molecule has 4 heteroatoms. The van der Waals surface area contributed by atoms with E-state index >= 15 is 0 Å². The predicted octanol–water partition coefficient (Wildman–Crippen LogP) is 1.50. The van der Waals surface area contributed by atoms with Gasteiger partial charge in [0.25, 0.3) is 0 Å². The van der Waals surface area contributed by atoms with Crippen LogP contribution in [0.4, 0.5) is 0 Å². The molecule has 0 radical (unpaired) electrons. The van der Waals surface area contributed by atoms with Gasteiger partial charge in [-0.05, 0) is 27.6 Å². The lowest BCUT2D eigenvalue weighted by atomic mass is 10.3. The molecule has 0 saturated carbocycles. The fourth-order valence-electron chi connectivity index (χ4n) is 0.708. The summed E-state index contributed by atoms with van der Waals surface area (Å²) in [5.41, 5.74) is 3.82. The normalized spacial score (nSPS) is 10.0. The van der Waals surface area contributed by atoms with Gasteiger partial charge in [-0.3, -0.25) is 4.98 Å². The third-order valence-corrected chi connectivity index (χ3v) is 1.62. The number of hydrogen-bond acceptors (Lipinski definition) is 3. The van der Waals surface area contributed by atoms with E-state index in [1.165, 1.54) is 0 Å². The highest BCUT2D eigenvalue weighted by atomic mass is 79.9. The molecular weight excluding hydrogens is 208 g/mol. The molecule has 1 N–H and O–H groups in total. The van der Waals surface area contributed by atoms with Crippen LogP contribution in [0.3, 0.4) is 0 Å². The first-order valence-corrected chi connectivity index (χ1v) is 3.97. The molecule has 0 amide bonds. The summed E-state index contributed by atoms with van der Waals surface area (Å²) in [5.74, 6) is 0. The molecule has 0 saturated heterocycles. The molecule has 1 rings (SSSR count). The van der Waals surface area contributed by atoms with E-state index in [0.717, 1.165) is 10.0 Å². The molecular formula is C7H9BrN2O. The lowest BCUT2D eigenvalue weighted by Gasteiger charge is -2.00. The molecule has 0 aliphatic heterocycles. The maximum atomic E-state index is 4.69. The third kappa shape index (κ3) is 2.96. The number of hydrogen-bond donors (Lipinski definition) is 1. The SMILES string of the molecule is CONCc1cncc(Br)c1. The minimum atomic E-state index is 0.670. The van der Waals surface area contributed by atoms with E-state index in [1.807, 2.05) is 6.07 Å². The molecule has 11 heavy (non-hydrogen) atoms. The second-order valence-corrected chi connectivity index (χ2v) is 2.95. The van der Waals surface area contributed by atoms with E-state index in [2.05, 4.69) is 26.4 Å². The Bertz CT molecular complexity index is 229. The first-order chi connectivity index (χ1) is 5.33. The van der Waals surface area contributed by atoms with Gasteiger partial charge < -0.3 is 4.84 Å². The van der Waals surface area contributed by atoms with Gasteiger partial charge in [-0.1, -0.05) is 0 Å². The molecule has 0 fully saturated rings. The van der Waals surface area contributed by atoms with E-state index in [0.29, 0.717) is 6.54 Å². The average molecular weight is 217 g/mol. The zero-order valence-corrected chi connectivity index (χ0v) is 7.76. The first-order valence-electron chi connectivity index (χ1n) is 3.18. The van der Waals surface area contributed by atoms with Gasteiger partial charge in [0.15, 0.2) is 0 Å². The van der Waals surface area contributed by atoms with Crippen molar-refractivity contribution in [3.8, 4) is 0 Å². The predicted molar refractivity (Wildman–Crippen MR) is 45.8 cm³/mol. The number of nitrogens with one attached hydrogen (secondary N) is 1. The fourth-order valence-corrected chi connectivity index (χ4v) is 1.12. The lowest BCUT2D eigenvalue weighted by Crippen LogP contribution is -2.10. The first kappa shape index (κ1) is 8.64. The van der Waals surface area contributed by atoms with Gasteiger partial charge in [-0.25, -0.2) is 0 Å². The van der Waals surface area contributed by atoms with Crippen LogP contribution in [0.15, 0.2) is 22.9 Å². The Morgan fingerprint density at radius 1 is 1.64 bits per heavy atom. The van der Waals surface area contributed by atoms with E-state index in [1.54, 1.807) is 19.5 Å². The molecule has 0 aliphatic carbocycles. The van der Waals surface area contributed by atoms with Gasteiger partial charge in [0.1, 0.15) is 0 Å². The van der Waals surface area contributed by atoms with Crippen molar-refractivity contribution in [2.24, 2.45) is 0 Å². The summed E-state index contributed by atoms with van der Waals surface area (Å²) in [7, 11) is 1.59. The van der Waals surface area contributed by atoms with Crippen molar-refractivity contribution in [2.75, 3.05) is 7.11 Å². The van der Waals surface area contributed by atoms with Crippen molar-refractivity contribution >= 4 is 15.9 Å². The molecule has 0 aliphatic rings. The zero-order chi connectivity index (χ0) is 8.10. The Labute approximate surface area is 73.9 Å². The topological polar surface area (TPSA) is 34.1 Å². The van der Waals surface area contributed by atoms with Gasteiger partial charge in [-0.15, -0.1) is 0 Å². The van der Waals surface area contributed by atoms with Gasteiger partial charge >= 0.3 is 0 Å². The summed E-state index contributed by atoms with van der Waals surface area (Å²) in [6.07, 6.45) is 3.53. The largest absolute Gasteiger partial charge is 0.305 e.